The third kappa shape index (κ3) is 3.20. The lowest BCUT2D eigenvalue weighted by Crippen LogP contribution is -2.30. The number of ether oxygens (including phenoxy) is 1. The molecule has 0 unspecified atom stereocenters. The smallest absolute Gasteiger partial charge is 0.308 e. The van der Waals surface area contributed by atoms with Crippen LogP contribution in [0.5, 0.6) is 5.75 Å². The van der Waals surface area contributed by atoms with E-state index in [9.17, 15) is 4.79 Å². The van der Waals surface area contributed by atoms with Crippen LogP contribution in [0.1, 0.15) is 12.5 Å². The van der Waals surface area contributed by atoms with Gasteiger partial charge in [0.2, 0.25) is 0 Å². The maximum Gasteiger partial charge on any atom is 0.308 e. The summed E-state index contributed by atoms with van der Waals surface area (Å²) in [6.45, 7) is 1.35. The molecule has 0 heterocycles. The molecule has 0 aliphatic carbocycles. The zero-order chi connectivity index (χ0) is 12.1. The molecule has 0 saturated heterocycles. The van der Waals surface area contributed by atoms with Crippen molar-refractivity contribution in [3.05, 3.63) is 34.3 Å². The number of halogens is 1. The Kier molecular flexibility index (Phi) is 4.25. The van der Waals surface area contributed by atoms with E-state index in [2.05, 4.69) is 15.9 Å². The van der Waals surface area contributed by atoms with Crippen LogP contribution in [0.3, 0.4) is 0 Å². The van der Waals surface area contributed by atoms with Gasteiger partial charge in [-0.25, -0.2) is 0 Å². The molecule has 84 valence electrons. The predicted octanol–water partition coefficient (Wildman–Crippen LogP) is 0.464. The second-order valence-corrected chi connectivity index (χ2v) is 3.90. The van der Waals surface area contributed by atoms with Crippen LogP contribution < -0.4 is 15.9 Å². The van der Waals surface area contributed by atoms with Gasteiger partial charge in [0.05, 0.1) is 5.70 Å². The molecule has 1 aromatic carbocycles. The van der Waals surface area contributed by atoms with Crippen LogP contribution in [0, 0.1) is 0 Å². The highest BCUT2D eigenvalue weighted by molar-refractivity contribution is 9.12. The number of rotatable bonds is 3. The fraction of sp³-hybridized carbons (Fsp3) is 0.0909. The van der Waals surface area contributed by atoms with E-state index in [0.29, 0.717) is 15.9 Å². The van der Waals surface area contributed by atoms with Crippen LogP contribution in [0.4, 0.5) is 0 Å². The number of esters is 1. The monoisotopic (exact) mass is 283 g/mol. The van der Waals surface area contributed by atoms with Crippen molar-refractivity contribution >= 4 is 33.8 Å². The van der Waals surface area contributed by atoms with Gasteiger partial charge in [0.1, 0.15) is 10.2 Å². The summed E-state index contributed by atoms with van der Waals surface area (Å²) in [5.74, 6) is 0.129. The van der Waals surface area contributed by atoms with Gasteiger partial charge in [0, 0.05) is 6.92 Å². The summed E-state index contributed by atoms with van der Waals surface area (Å²) >= 11 is 3.23. The van der Waals surface area contributed by atoms with Crippen molar-refractivity contribution in [1.29, 1.82) is 0 Å². The fourth-order valence-corrected chi connectivity index (χ4v) is 1.33. The third-order valence-corrected chi connectivity index (χ3v) is 2.52. The predicted molar refractivity (Wildman–Crippen MR) is 65.8 cm³/mol. The van der Waals surface area contributed by atoms with Gasteiger partial charge in [-0.15, -0.1) is 0 Å². The van der Waals surface area contributed by atoms with Gasteiger partial charge in [-0.3, -0.25) is 10.2 Å². The number of benzene rings is 1. The van der Waals surface area contributed by atoms with Gasteiger partial charge in [-0.1, -0.05) is 0 Å². The fourth-order valence-electron chi connectivity index (χ4n) is 1.10. The van der Waals surface area contributed by atoms with Crippen molar-refractivity contribution in [2.75, 3.05) is 0 Å². The van der Waals surface area contributed by atoms with Crippen molar-refractivity contribution in [2.24, 2.45) is 5.73 Å². The first-order valence-electron chi connectivity index (χ1n) is 4.53. The topological polar surface area (TPSA) is 77.9 Å². The number of carbonyl (C=O) groups excluding carboxylic acids is 1. The average Bonchev–Trinajstić information content (AvgIpc) is 2.27. The number of hydrogen-bond donors (Lipinski definition) is 2. The van der Waals surface area contributed by atoms with E-state index in [1.165, 1.54) is 13.1 Å². The molecule has 0 aliphatic rings. The van der Waals surface area contributed by atoms with Crippen molar-refractivity contribution in [3.8, 4) is 5.75 Å². The maximum atomic E-state index is 10.7. The Labute approximate surface area is 102 Å². The number of hydrogen-bond acceptors (Lipinski definition) is 3. The molecule has 4 N–H and O–H groups in total. The van der Waals surface area contributed by atoms with Gasteiger partial charge in [-0.2, -0.15) is 0 Å². The molecule has 0 bridgehead atoms. The Morgan fingerprint density at radius 1 is 1.44 bits per heavy atom. The van der Waals surface area contributed by atoms with E-state index >= 15 is 0 Å². The summed E-state index contributed by atoms with van der Waals surface area (Å²) in [6.07, 6.45) is 1.37. The third-order valence-electron chi connectivity index (χ3n) is 1.83. The van der Waals surface area contributed by atoms with Gasteiger partial charge in [-0.05, 0) is 45.8 Å². The standard InChI is InChI=1S/C11H11BrN2O2/c1-7(15)16-9-4-2-8(3-5-9)11(14)10(12)6-13/h2-6,13H,14H2,1H3/p+1. The van der Waals surface area contributed by atoms with Crippen molar-refractivity contribution in [1.82, 2.24) is 0 Å². The van der Waals surface area contributed by atoms with Gasteiger partial charge in [0.15, 0.2) is 6.21 Å². The first-order chi connectivity index (χ1) is 7.54. The van der Waals surface area contributed by atoms with Gasteiger partial charge >= 0.3 is 5.97 Å². The van der Waals surface area contributed by atoms with E-state index in [1.54, 1.807) is 24.3 Å². The van der Waals surface area contributed by atoms with Crippen LogP contribution in [-0.2, 0) is 4.79 Å². The molecule has 1 rings (SSSR count). The second-order valence-electron chi connectivity index (χ2n) is 3.05. The highest BCUT2D eigenvalue weighted by atomic mass is 79.9. The lowest BCUT2D eigenvalue weighted by atomic mass is 10.1. The normalized spacial score (nSPS) is 11.6. The molecule has 1 aromatic rings. The summed E-state index contributed by atoms with van der Waals surface area (Å²) in [5, 5.41) is 5.33. The Morgan fingerprint density at radius 2 is 2.00 bits per heavy atom. The summed E-state index contributed by atoms with van der Waals surface area (Å²) in [6, 6.07) is 6.83. The lowest BCUT2D eigenvalue weighted by molar-refractivity contribution is -0.131. The second kappa shape index (κ2) is 5.46. The molecule has 5 heteroatoms. The largest absolute Gasteiger partial charge is 0.427 e. The summed E-state index contributed by atoms with van der Waals surface area (Å²) in [5.41, 5.74) is 7.13. The van der Waals surface area contributed by atoms with Gasteiger partial charge in [0.25, 0.3) is 0 Å². The minimum Gasteiger partial charge on any atom is -0.427 e. The van der Waals surface area contributed by atoms with Crippen LogP contribution in [0.25, 0.3) is 5.70 Å². The molecule has 0 atom stereocenters. The SMILES string of the molecule is CC(=O)Oc1ccc(C(N)=C(Br)C=[NH2+])cc1. The summed E-state index contributed by atoms with van der Waals surface area (Å²) in [4.78, 5) is 10.7. The van der Waals surface area contributed by atoms with E-state index in [1.807, 2.05) is 0 Å². The molecule has 0 fully saturated rings. The zero-order valence-electron chi connectivity index (χ0n) is 8.74. The van der Waals surface area contributed by atoms with Gasteiger partial charge < -0.3 is 10.5 Å². The molecule has 0 aliphatic heterocycles. The van der Waals surface area contributed by atoms with Crippen LogP contribution >= 0.6 is 15.9 Å². The highest BCUT2D eigenvalue weighted by Gasteiger charge is 2.04. The lowest BCUT2D eigenvalue weighted by Gasteiger charge is -2.04. The first kappa shape index (κ1) is 12.4. The number of allylic oxidation sites excluding steroid dienone is 1. The van der Waals surface area contributed by atoms with Crippen molar-refractivity contribution in [2.45, 2.75) is 6.92 Å². The summed E-state index contributed by atoms with van der Waals surface area (Å²) < 4.78 is 5.51. The summed E-state index contributed by atoms with van der Waals surface area (Å²) in [7, 11) is 0. The molecular formula is C11H12BrN2O2+. The molecular weight excluding hydrogens is 272 g/mol. The zero-order valence-corrected chi connectivity index (χ0v) is 10.3. The Morgan fingerprint density at radius 3 is 2.44 bits per heavy atom. The molecule has 4 nitrogen and oxygen atoms in total. The van der Waals surface area contributed by atoms with Crippen LogP contribution in [-0.4, -0.2) is 12.2 Å². The molecule has 0 spiro atoms. The van der Waals surface area contributed by atoms with Crippen LogP contribution in [0.15, 0.2) is 28.7 Å². The molecule has 16 heavy (non-hydrogen) atoms. The van der Waals surface area contributed by atoms with E-state index in [4.69, 9.17) is 15.9 Å². The minimum atomic E-state index is -0.354. The van der Waals surface area contributed by atoms with Crippen LogP contribution in [0.2, 0.25) is 0 Å². The Hall–Kier alpha value is -1.62. The number of nitrogens with two attached hydrogens (primary N) is 2. The molecule has 0 radical (unpaired) electrons. The molecule has 0 aromatic heterocycles. The average molecular weight is 284 g/mol. The maximum absolute atomic E-state index is 10.7. The van der Waals surface area contributed by atoms with E-state index in [-0.39, 0.29) is 5.97 Å². The Balaban J connectivity index is 2.95. The Bertz CT molecular complexity index is 438. The van der Waals surface area contributed by atoms with E-state index < -0.39 is 0 Å². The first-order valence-corrected chi connectivity index (χ1v) is 5.33. The quantitative estimate of drug-likeness (QED) is 0.481. The molecule has 0 amide bonds. The van der Waals surface area contributed by atoms with Crippen molar-refractivity contribution < 1.29 is 14.9 Å². The molecule has 0 saturated carbocycles. The highest BCUT2D eigenvalue weighted by Crippen LogP contribution is 2.19. The minimum absolute atomic E-state index is 0.354. The number of carbonyl (C=O) groups is 1. The van der Waals surface area contributed by atoms with E-state index in [0.717, 1.165) is 5.56 Å². The van der Waals surface area contributed by atoms with Crippen molar-refractivity contribution in [3.63, 3.8) is 0 Å².